The first-order chi connectivity index (χ1) is 11.8. The van der Waals surface area contributed by atoms with Gasteiger partial charge in [-0.3, -0.25) is 10.1 Å². The molecule has 0 bridgehead atoms. The lowest BCUT2D eigenvalue weighted by molar-refractivity contribution is -0.116. The van der Waals surface area contributed by atoms with Crippen LogP contribution < -0.4 is 10.1 Å². The van der Waals surface area contributed by atoms with Gasteiger partial charge in [0.25, 0.3) is 0 Å². The lowest BCUT2D eigenvalue weighted by Crippen LogP contribution is -2.12. The Labute approximate surface area is 140 Å². The highest BCUT2D eigenvalue weighted by Crippen LogP contribution is 2.27. The first-order valence-corrected chi connectivity index (χ1v) is 7.70. The van der Waals surface area contributed by atoms with E-state index in [1.807, 2.05) is 54.6 Å². The van der Waals surface area contributed by atoms with Crippen molar-refractivity contribution in [1.29, 1.82) is 0 Å². The molecule has 3 aromatic rings. The number of ether oxygens (including phenoxy) is 1. The Bertz CT molecular complexity index is 812. The third-order valence-corrected chi connectivity index (χ3v) is 3.72. The Hall–Kier alpha value is -3.08. The van der Waals surface area contributed by atoms with Gasteiger partial charge in [0, 0.05) is 6.42 Å². The fraction of sp³-hybridized carbons (Fsp3) is 0.158. The van der Waals surface area contributed by atoms with Crippen LogP contribution >= 0.6 is 0 Å². The molecule has 5 heteroatoms. The minimum atomic E-state index is -0.130. The van der Waals surface area contributed by atoms with E-state index < -0.39 is 0 Å². The molecule has 0 fully saturated rings. The van der Waals surface area contributed by atoms with Crippen molar-refractivity contribution in [2.45, 2.75) is 12.8 Å². The minimum absolute atomic E-state index is 0.130. The largest absolute Gasteiger partial charge is 0.496 e. The molecule has 5 nitrogen and oxygen atoms in total. The van der Waals surface area contributed by atoms with Crippen LogP contribution in [0.2, 0.25) is 0 Å². The van der Waals surface area contributed by atoms with E-state index in [1.54, 1.807) is 13.3 Å². The Morgan fingerprint density at radius 1 is 1.12 bits per heavy atom. The molecular weight excluding hydrogens is 304 g/mol. The van der Waals surface area contributed by atoms with E-state index in [9.17, 15) is 4.79 Å². The van der Waals surface area contributed by atoms with Crippen LogP contribution in [0.1, 0.15) is 12.0 Å². The maximum Gasteiger partial charge on any atom is 0.239 e. The second-order valence-corrected chi connectivity index (χ2v) is 5.29. The number of aryl methyl sites for hydroxylation is 1. The van der Waals surface area contributed by atoms with Crippen LogP contribution in [0, 0.1) is 0 Å². The van der Waals surface area contributed by atoms with Gasteiger partial charge in [-0.1, -0.05) is 53.7 Å². The molecule has 0 saturated carbocycles. The summed E-state index contributed by atoms with van der Waals surface area (Å²) in [6, 6.07) is 17.3. The molecule has 3 rings (SSSR count). The van der Waals surface area contributed by atoms with E-state index >= 15 is 0 Å². The lowest BCUT2D eigenvalue weighted by Gasteiger charge is -2.08. The average molecular weight is 322 g/mol. The number of anilines is 1. The van der Waals surface area contributed by atoms with E-state index in [0.717, 1.165) is 22.4 Å². The first kappa shape index (κ1) is 15.8. The van der Waals surface area contributed by atoms with Crippen LogP contribution in [0.25, 0.3) is 11.1 Å². The molecule has 2 aromatic carbocycles. The molecule has 0 saturated heterocycles. The zero-order chi connectivity index (χ0) is 16.8. The molecule has 0 aliphatic carbocycles. The van der Waals surface area contributed by atoms with E-state index in [4.69, 9.17) is 9.26 Å². The molecule has 0 radical (unpaired) electrons. The van der Waals surface area contributed by atoms with E-state index in [-0.39, 0.29) is 5.91 Å². The summed E-state index contributed by atoms with van der Waals surface area (Å²) < 4.78 is 10.5. The number of hydrogen-bond acceptors (Lipinski definition) is 4. The maximum absolute atomic E-state index is 12.2. The molecule has 0 unspecified atom stereocenters. The first-order valence-electron chi connectivity index (χ1n) is 7.70. The highest BCUT2D eigenvalue weighted by molar-refractivity contribution is 5.93. The van der Waals surface area contributed by atoms with E-state index in [0.29, 0.717) is 18.7 Å². The van der Waals surface area contributed by atoms with E-state index in [1.165, 1.54) is 0 Å². The van der Waals surface area contributed by atoms with Crippen molar-refractivity contribution in [2.24, 2.45) is 0 Å². The van der Waals surface area contributed by atoms with Gasteiger partial charge in [0.05, 0.1) is 18.9 Å². The summed E-state index contributed by atoms with van der Waals surface area (Å²) in [6.07, 6.45) is 2.52. The van der Waals surface area contributed by atoms with Crippen LogP contribution in [-0.2, 0) is 11.2 Å². The number of amides is 1. The van der Waals surface area contributed by atoms with Crippen molar-refractivity contribution < 1.29 is 14.1 Å². The van der Waals surface area contributed by atoms with Gasteiger partial charge in [0.2, 0.25) is 11.8 Å². The zero-order valence-corrected chi connectivity index (χ0v) is 13.4. The fourth-order valence-electron chi connectivity index (χ4n) is 2.50. The van der Waals surface area contributed by atoms with Gasteiger partial charge < -0.3 is 9.26 Å². The van der Waals surface area contributed by atoms with Crippen LogP contribution in [0.15, 0.2) is 65.3 Å². The Kier molecular flexibility index (Phi) is 4.91. The molecule has 0 spiro atoms. The summed E-state index contributed by atoms with van der Waals surface area (Å²) in [5, 5.41) is 6.58. The van der Waals surface area contributed by atoms with Gasteiger partial charge in [-0.25, -0.2) is 0 Å². The van der Waals surface area contributed by atoms with Crippen LogP contribution in [0.3, 0.4) is 0 Å². The number of hydrogen-bond donors (Lipinski definition) is 1. The number of nitrogens with zero attached hydrogens (tertiary/aromatic N) is 1. The molecular formula is C19H18N2O3. The van der Waals surface area contributed by atoms with Crippen molar-refractivity contribution in [1.82, 2.24) is 5.16 Å². The molecule has 0 atom stereocenters. The van der Waals surface area contributed by atoms with Crippen molar-refractivity contribution in [2.75, 3.05) is 12.4 Å². The minimum Gasteiger partial charge on any atom is -0.496 e. The van der Waals surface area contributed by atoms with Gasteiger partial charge >= 0.3 is 0 Å². The normalized spacial score (nSPS) is 10.4. The summed E-state index contributed by atoms with van der Waals surface area (Å²) in [5.41, 5.74) is 2.70. The molecule has 0 aliphatic heterocycles. The van der Waals surface area contributed by atoms with Crippen molar-refractivity contribution in [3.05, 3.63) is 66.4 Å². The molecule has 1 N–H and O–H groups in total. The summed E-state index contributed by atoms with van der Waals surface area (Å²) in [4.78, 5) is 12.2. The Morgan fingerprint density at radius 2 is 1.88 bits per heavy atom. The molecule has 122 valence electrons. The smallest absolute Gasteiger partial charge is 0.239 e. The number of para-hydroxylation sites is 1. The Morgan fingerprint density at radius 3 is 2.67 bits per heavy atom. The average Bonchev–Trinajstić information content (AvgIpc) is 3.09. The van der Waals surface area contributed by atoms with Crippen LogP contribution in [0.5, 0.6) is 5.75 Å². The number of aromatic nitrogens is 1. The number of carbonyl (C=O) groups is 1. The quantitative estimate of drug-likeness (QED) is 0.747. The van der Waals surface area contributed by atoms with Crippen LogP contribution in [-0.4, -0.2) is 18.2 Å². The van der Waals surface area contributed by atoms with Gasteiger partial charge in [0.1, 0.15) is 5.75 Å². The molecule has 24 heavy (non-hydrogen) atoms. The van der Waals surface area contributed by atoms with Crippen molar-refractivity contribution in [3.8, 4) is 16.9 Å². The molecule has 1 heterocycles. The van der Waals surface area contributed by atoms with E-state index in [2.05, 4.69) is 10.5 Å². The van der Waals surface area contributed by atoms with Crippen molar-refractivity contribution in [3.63, 3.8) is 0 Å². The monoisotopic (exact) mass is 322 g/mol. The molecule has 0 aliphatic rings. The predicted octanol–water partition coefficient (Wildman–Crippen LogP) is 3.92. The number of methoxy groups -OCH3 is 1. The second-order valence-electron chi connectivity index (χ2n) is 5.29. The highest BCUT2D eigenvalue weighted by Gasteiger charge is 2.14. The highest BCUT2D eigenvalue weighted by atomic mass is 16.5. The lowest BCUT2D eigenvalue weighted by atomic mass is 10.1. The number of nitrogens with one attached hydrogen (secondary N) is 1. The fourth-order valence-corrected chi connectivity index (χ4v) is 2.50. The van der Waals surface area contributed by atoms with Gasteiger partial charge in [-0.2, -0.15) is 0 Å². The second kappa shape index (κ2) is 7.46. The standard InChI is InChI=1S/C19H18N2O3/c1-23-17-10-6-5-9-15(17)11-12-18(22)21-19-16(13-20-24-19)14-7-3-2-4-8-14/h2-10,13H,11-12H2,1H3,(H,21,22). The van der Waals surface area contributed by atoms with Crippen LogP contribution in [0.4, 0.5) is 5.88 Å². The third kappa shape index (κ3) is 3.63. The predicted molar refractivity (Wildman–Crippen MR) is 91.9 cm³/mol. The number of carbonyl (C=O) groups excluding carboxylic acids is 1. The summed E-state index contributed by atoms with van der Waals surface area (Å²) in [6.45, 7) is 0. The Balaban J connectivity index is 1.65. The van der Waals surface area contributed by atoms with Crippen molar-refractivity contribution >= 4 is 11.8 Å². The van der Waals surface area contributed by atoms with Gasteiger partial charge in [0.15, 0.2) is 0 Å². The SMILES string of the molecule is COc1ccccc1CCC(=O)Nc1oncc1-c1ccccc1. The number of rotatable bonds is 6. The number of benzene rings is 2. The van der Waals surface area contributed by atoms with Gasteiger partial charge in [-0.05, 0) is 23.6 Å². The molecule has 1 amide bonds. The topological polar surface area (TPSA) is 64.4 Å². The summed E-state index contributed by atoms with van der Waals surface area (Å²) in [5.74, 6) is 1.02. The van der Waals surface area contributed by atoms with Gasteiger partial charge in [-0.15, -0.1) is 0 Å². The summed E-state index contributed by atoms with van der Waals surface area (Å²) in [7, 11) is 1.62. The molecule has 1 aromatic heterocycles. The zero-order valence-electron chi connectivity index (χ0n) is 13.4. The third-order valence-electron chi connectivity index (χ3n) is 3.72. The summed E-state index contributed by atoms with van der Waals surface area (Å²) >= 11 is 0. The maximum atomic E-state index is 12.2.